The molecule has 0 bridgehead atoms. The number of fused-ring (bicyclic) bond motifs is 1. The van der Waals surface area contributed by atoms with Gasteiger partial charge in [-0.1, -0.05) is 13.8 Å². The fraction of sp³-hybridized carbons (Fsp3) is 0.737. The fourth-order valence-corrected chi connectivity index (χ4v) is 3.94. The van der Waals surface area contributed by atoms with E-state index in [9.17, 15) is 9.59 Å². The van der Waals surface area contributed by atoms with E-state index in [2.05, 4.69) is 18.8 Å². The van der Waals surface area contributed by atoms with E-state index in [4.69, 9.17) is 0 Å². The SMILES string of the molecule is CCCN(CCC)C(=O)c1nc(C(=O)N2CCCC2)n2c1CCCC2. The molecule has 0 aromatic carbocycles. The summed E-state index contributed by atoms with van der Waals surface area (Å²) in [5.41, 5.74) is 1.49. The molecule has 6 nitrogen and oxygen atoms in total. The Hall–Kier alpha value is -1.85. The summed E-state index contributed by atoms with van der Waals surface area (Å²) in [6.07, 6.45) is 6.93. The van der Waals surface area contributed by atoms with Crippen molar-refractivity contribution in [3.05, 3.63) is 17.2 Å². The first-order chi connectivity index (χ1) is 12.2. The van der Waals surface area contributed by atoms with Crippen LogP contribution in [-0.2, 0) is 13.0 Å². The van der Waals surface area contributed by atoms with Crippen LogP contribution in [0.25, 0.3) is 0 Å². The molecule has 0 N–H and O–H groups in total. The van der Waals surface area contributed by atoms with Crippen LogP contribution >= 0.6 is 0 Å². The van der Waals surface area contributed by atoms with Crippen LogP contribution in [0, 0.1) is 0 Å². The van der Waals surface area contributed by atoms with E-state index in [-0.39, 0.29) is 11.8 Å². The Morgan fingerprint density at radius 2 is 1.64 bits per heavy atom. The summed E-state index contributed by atoms with van der Waals surface area (Å²) < 4.78 is 2.02. The van der Waals surface area contributed by atoms with Crippen LogP contribution in [0.4, 0.5) is 0 Å². The number of carbonyl (C=O) groups excluding carboxylic acids is 2. The topological polar surface area (TPSA) is 58.4 Å². The fourth-order valence-electron chi connectivity index (χ4n) is 3.94. The van der Waals surface area contributed by atoms with Crippen molar-refractivity contribution in [2.45, 2.75) is 65.3 Å². The molecular weight excluding hydrogens is 316 g/mol. The van der Waals surface area contributed by atoms with Gasteiger partial charge in [-0.15, -0.1) is 0 Å². The minimum atomic E-state index is -0.00479. The third kappa shape index (κ3) is 3.58. The summed E-state index contributed by atoms with van der Waals surface area (Å²) in [6.45, 7) is 8.07. The zero-order chi connectivity index (χ0) is 17.8. The van der Waals surface area contributed by atoms with Crippen molar-refractivity contribution in [3.63, 3.8) is 0 Å². The number of aromatic nitrogens is 2. The molecule has 1 fully saturated rings. The second-order valence-corrected chi connectivity index (χ2v) is 7.13. The number of likely N-dealkylation sites (tertiary alicyclic amines) is 1. The average Bonchev–Trinajstić information content (AvgIpc) is 3.28. The highest BCUT2D eigenvalue weighted by Crippen LogP contribution is 2.24. The van der Waals surface area contributed by atoms with Crippen LogP contribution in [0.5, 0.6) is 0 Å². The number of hydrogen-bond donors (Lipinski definition) is 0. The molecule has 2 amide bonds. The highest BCUT2D eigenvalue weighted by molar-refractivity contribution is 5.97. The Morgan fingerprint density at radius 1 is 1.00 bits per heavy atom. The molecule has 0 spiro atoms. The third-order valence-corrected chi connectivity index (χ3v) is 5.18. The standard InChI is InChI=1S/C19H30N4O2/c1-3-10-21(11-4-2)18(24)16-15-9-5-6-14-23(15)17(20-16)19(25)22-12-7-8-13-22/h3-14H2,1-2H3. The molecule has 3 heterocycles. The van der Waals surface area contributed by atoms with Gasteiger partial charge in [-0.2, -0.15) is 0 Å². The summed E-state index contributed by atoms with van der Waals surface area (Å²) >= 11 is 0. The Morgan fingerprint density at radius 3 is 2.28 bits per heavy atom. The van der Waals surface area contributed by atoms with Gasteiger partial charge in [-0.05, 0) is 44.9 Å². The van der Waals surface area contributed by atoms with Crippen LogP contribution < -0.4 is 0 Å². The summed E-state index contributed by atoms with van der Waals surface area (Å²) in [5, 5.41) is 0. The van der Waals surface area contributed by atoms with Gasteiger partial charge in [0.05, 0.1) is 5.69 Å². The number of hydrogen-bond acceptors (Lipinski definition) is 3. The number of imidazole rings is 1. The van der Waals surface area contributed by atoms with Gasteiger partial charge in [-0.3, -0.25) is 9.59 Å². The van der Waals surface area contributed by atoms with E-state index in [0.29, 0.717) is 11.5 Å². The molecule has 2 aliphatic heterocycles. The molecule has 0 aliphatic carbocycles. The molecule has 1 aromatic heterocycles. The minimum Gasteiger partial charge on any atom is -0.337 e. The van der Waals surface area contributed by atoms with E-state index in [1.807, 2.05) is 14.4 Å². The predicted octanol–water partition coefficient (Wildman–Crippen LogP) is 2.72. The quantitative estimate of drug-likeness (QED) is 0.796. The lowest BCUT2D eigenvalue weighted by Gasteiger charge is -2.22. The second-order valence-electron chi connectivity index (χ2n) is 7.13. The largest absolute Gasteiger partial charge is 0.337 e. The molecule has 0 radical (unpaired) electrons. The van der Waals surface area contributed by atoms with Gasteiger partial charge in [0.25, 0.3) is 11.8 Å². The van der Waals surface area contributed by atoms with Crippen LogP contribution in [0.15, 0.2) is 0 Å². The molecule has 0 unspecified atom stereocenters. The molecule has 138 valence electrons. The van der Waals surface area contributed by atoms with Crippen molar-refractivity contribution >= 4 is 11.8 Å². The van der Waals surface area contributed by atoms with Crippen molar-refractivity contribution in [2.75, 3.05) is 26.2 Å². The smallest absolute Gasteiger partial charge is 0.289 e. The molecule has 25 heavy (non-hydrogen) atoms. The Bertz CT molecular complexity index is 626. The minimum absolute atomic E-state index is 0.00256. The molecule has 0 atom stereocenters. The number of amides is 2. The maximum atomic E-state index is 13.1. The van der Waals surface area contributed by atoms with Crippen molar-refractivity contribution in [3.8, 4) is 0 Å². The van der Waals surface area contributed by atoms with Crippen LogP contribution in [-0.4, -0.2) is 57.3 Å². The van der Waals surface area contributed by atoms with Crippen molar-refractivity contribution in [1.82, 2.24) is 19.4 Å². The Kier molecular flexibility index (Phi) is 5.76. The van der Waals surface area contributed by atoms with Crippen molar-refractivity contribution in [1.29, 1.82) is 0 Å². The first-order valence-corrected chi connectivity index (χ1v) is 9.85. The maximum absolute atomic E-state index is 13.1. The second kappa shape index (κ2) is 8.02. The first kappa shape index (κ1) is 18.0. The van der Waals surface area contributed by atoms with E-state index in [1.54, 1.807) is 0 Å². The van der Waals surface area contributed by atoms with Crippen molar-refractivity contribution in [2.24, 2.45) is 0 Å². The molecule has 0 saturated carbocycles. The van der Waals surface area contributed by atoms with Gasteiger partial charge in [0.1, 0.15) is 5.69 Å². The summed E-state index contributed by atoms with van der Waals surface area (Å²) in [7, 11) is 0. The van der Waals surface area contributed by atoms with Gasteiger partial charge in [0, 0.05) is 32.7 Å². The predicted molar refractivity (Wildman–Crippen MR) is 96.8 cm³/mol. The number of nitrogens with zero attached hydrogens (tertiary/aromatic N) is 4. The van der Waals surface area contributed by atoms with Crippen LogP contribution in [0.2, 0.25) is 0 Å². The first-order valence-electron chi connectivity index (χ1n) is 9.85. The lowest BCUT2D eigenvalue weighted by atomic mass is 10.1. The highest BCUT2D eigenvalue weighted by Gasteiger charge is 2.32. The molecule has 3 rings (SSSR count). The zero-order valence-electron chi connectivity index (χ0n) is 15.6. The monoisotopic (exact) mass is 346 g/mol. The van der Waals surface area contributed by atoms with Gasteiger partial charge < -0.3 is 14.4 Å². The Labute approximate surface area is 150 Å². The summed E-state index contributed by atoms with van der Waals surface area (Å²) in [4.78, 5) is 34.3. The number of carbonyl (C=O) groups is 2. The Balaban J connectivity index is 1.93. The average molecular weight is 346 g/mol. The summed E-state index contributed by atoms with van der Waals surface area (Å²) in [5.74, 6) is 0.472. The van der Waals surface area contributed by atoms with Crippen LogP contribution in [0.1, 0.15) is 79.2 Å². The van der Waals surface area contributed by atoms with Crippen LogP contribution in [0.3, 0.4) is 0 Å². The normalized spacial score (nSPS) is 16.8. The zero-order valence-corrected chi connectivity index (χ0v) is 15.6. The summed E-state index contributed by atoms with van der Waals surface area (Å²) in [6, 6.07) is 0. The lowest BCUT2D eigenvalue weighted by molar-refractivity contribution is 0.0748. The molecule has 1 aromatic rings. The maximum Gasteiger partial charge on any atom is 0.289 e. The van der Waals surface area contributed by atoms with Gasteiger partial charge in [0.2, 0.25) is 0 Å². The van der Waals surface area contributed by atoms with E-state index in [0.717, 1.165) is 83.4 Å². The lowest BCUT2D eigenvalue weighted by Crippen LogP contribution is -2.33. The highest BCUT2D eigenvalue weighted by atomic mass is 16.2. The van der Waals surface area contributed by atoms with Gasteiger partial charge >= 0.3 is 0 Å². The van der Waals surface area contributed by atoms with E-state index >= 15 is 0 Å². The van der Waals surface area contributed by atoms with Gasteiger partial charge in [0.15, 0.2) is 5.82 Å². The molecule has 1 saturated heterocycles. The molecule has 2 aliphatic rings. The molecule has 6 heteroatoms. The van der Waals surface area contributed by atoms with E-state index < -0.39 is 0 Å². The third-order valence-electron chi connectivity index (χ3n) is 5.18. The van der Waals surface area contributed by atoms with Crippen molar-refractivity contribution < 1.29 is 9.59 Å². The molecular formula is C19H30N4O2. The van der Waals surface area contributed by atoms with Gasteiger partial charge in [-0.25, -0.2) is 4.98 Å². The number of rotatable bonds is 6. The van der Waals surface area contributed by atoms with E-state index in [1.165, 1.54) is 0 Å².